The molecule has 0 unspecified atom stereocenters. The van der Waals surface area contributed by atoms with Crippen molar-refractivity contribution in [3.63, 3.8) is 0 Å². The molecule has 0 saturated carbocycles. The van der Waals surface area contributed by atoms with Crippen molar-refractivity contribution in [1.82, 2.24) is 9.88 Å². The minimum absolute atomic E-state index is 0.0739. The van der Waals surface area contributed by atoms with E-state index in [-0.39, 0.29) is 5.60 Å². The molecule has 0 aliphatic heterocycles. The molecule has 2 aromatic rings. The number of nitrogens with one attached hydrogen (secondary N) is 1. The molecule has 20 heavy (non-hydrogen) atoms. The van der Waals surface area contributed by atoms with E-state index in [0.29, 0.717) is 0 Å². The third-order valence-electron chi connectivity index (χ3n) is 3.30. The Morgan fingerprint density at radius 1 is 1.20 bits per heavy atom. The average molecular weight is 274 g/mol. The largest absolute Gasteiger partial charge is 0.374 e. The molecule has 1 aromatic heterocycles. The minimum Gasteiger partial charge on any atom is -0.374 e. The number of nitrogens with zero attached hydrogens (tertiary/aromatic N) is 1. The van der Waals surface area contributed by atoms with Crippen LogP contribution in [0, 0.1) is 0 Å². The van der Waals surface area contributed by atoms with E-state index in [1.165, 1.54) is 16.5 Å². The molecule has 0 radical (unpaired) electrons. The van der Waals surface area contributed by atoms with Crippen molar-refractivity contribution in [3.8, 4) is 0 Å². The highest BCUT2D eigenvalue weighted by Gasteiger charge is 2.11. The standard InChI is InChI=1S/C17H26N2O/c1-5-18-12-14-13-19(10-11-20-17(2,3)4)16-9-7-6-8-15(14)16/h6-9,13,18H,5,10-12H2,1-4H3. The third-order valence-corrected chi connectivity index (χ3v) is 3.30. The zero-order valence-electron chi connectivity index (χ0n) is 13.1. The summed E-state index contributed by atoms with van der Waals surface area (Å²) < 4.78 is 8.14. The second-order valence-electron chi connectivity index (χ2n) is 6.11. The summed E-state index contributed by atoms with van der Waals surface area (Å²) in [6, 6.07) is 8.58. The van der Waals surface area contributed by atoms with Gasteiger partial charge >= 0.3 is 0 Å². The second kappa shape index (κ2) is 6.42. The molecule has 2 rings (SSSR count). The van der Waals surface area contributed by atoms with Crippen LogP contribution in [0.15, 0.2) is 30.5 Å². The Morgan fingerprint density at radius 2 is 1.95 bits per heavy atom. The van der Waals surface area contributed by atoms with Gasteiger partial charge in [0.1, 0.15) is 0 Å². The summed E-state index contributed by atoms with van der Waals surface area (Å²) >= 11 is 0. The van der Waals surface area contributed by atoms with Gasteiger partial charge in [0.05, 0.1) is 12.2 Å². The molecule has 3 nitrogen and oxygen atoms in total. The van der Waals surface area contributed by atoms with Gasteiger partial charge in [0.25, 0.3) is 0 Å². The lowest BCUT2D eigenvalue weighted by Crippen LogP contribution is -2.21. The van der Waals surface area contributed by atoms with Gasteiger partial charge in [-0.1, -0.05) is 25.1 Å². The van der Waals surface area contributed by atoms with Crippen LogP contribution in [0.2, 0.25) is 0 Å². The Bertz CT molecular complexity index is 552. The highest BCUT2D eigenvalue weighted by atomic mass is 16.5. The number of ether oxygens (including phenoxy) is 1. The number of fused-ring (bicyclic) bond motifs is 1. The number of aromatic nitrogens is 1. The maximum atomic E-state index is 5.84. The Labute approximate surface area is 121 Å². The van der Waals surface area contributed by atoms with Crippen molar-refractivity contribution >= 4 is 10.9 Å². The molecule has 1 N–H and O–H groups in total. The highest BCUT2D eigenvalue weighted by molar-refractivity contribution is 5.83. The van der Waals surface area contributed by atoms with Gasteiger partial charge in [-0.25, -0.2) is 0 Å². The average Bonchev–Trinajstić information content (AvgIpc) is 2.74. The molecule has 0 spiro atoms. The van der Waals surface area contributed by atoms with Crippen molar-refractivity contribution in [2.45, 2.75) is 46.4 Å². The number of hydrogen-bond acceptors (Lipinski definition) is 2. The van der Waals surface area contributed by atoms with E-state index >= 15 is 0 Å². The summed E-state index contributed by atoms with van der Waals surface area (Å²) in [7, 11) is 0. The van der Waals surface area contributed by atoms with Crippen molar-refractivity contribution in [2.24, 2.45) is 0 Å². The van der Waals surface area contributed by atoms with Gasteiger partial charge in [0.2, 0.25) is 0 Å². The summed E-state index contributed by atoms with van der Waals surface area (Å²) in [6.45, 7) is 12.0. The third kappa shape index (κ3) is 3.84. The van der Waals surface area contributed by atoms with Gasteiger partial charge in [0.15, 0.2) is 0 Å². The molecule has 0 amide bonds. The SMILES string of the molecule is CCNCc1cn(CCOC(C)(C)C)c2ccccc12. The molecule has 110 valence electrons. The van der Waals surface area contributed by atoms with Crippen LogP contribution in [-0.4, -0.2) is 23.3 Å². The van der Waals surface area contributed by atoms with E-state index in [4.69, 9.17) is 4.74 Å². The Kier molecular flexibility index (Phi) is 4.84. The highest BCUT2D eigenvalue weighted by Crippen LogP contribution is 2.21. The van der Waals surface area contributed by atoms with Crippen LogP contribution in [-0.2, 0) is 17.8 Å². The van der Waals surface area contributed by atoms with Crippen LogP contribution in [0.25, 0.3) is 10.9 Å². The summed E-state index contributed by atoms with van der Waals surface area (Å²) in [5.41, 5.74) is 2.58. The fourth-order valence-corrected chi connectivity index (χ4v) is 2.36. The summed E-state index contributed by atoms with van der Waals surface area (Å²) in [5, 5.41) is 4.74. The smallest absolute Gasteiger partial charge is 0.0652 e. The van der Waals surface area contributed by atoms with E-state index in [1.807, 2.05) is 0 Å². The van der Waals surface area contributed by atoms with E-state index in [2.05, 4.69) is 68.0 Å². The molecule has 1 heterocycles. The number of para-hydroxylation sites is 1. The molecule has 0 saturated heterocycles. The zero-order chi connectivity index (χ0) is 14.6. The summed E-state index contributed by atoms with van der Waals surface area (Å²) in [5.74, 6) is 0. The Balaban J connectivity index is 2.16. The molecule has 0 fully saturated rings. The van der Waals surface area contributed by atoms with Gasteiger partial charge in [0, 0.05) is 30.2 Å². The van der Waals surface area contributed by atoms with Gasteiger partial charge in [-0.05, 0) is 38.9 Å². The first kappa shape index (κ1) is 15.1. The molecule has 0 atom stereocenters. The molecule has 0 aliphatic carbocycles. The van der Waals surface area contributed by atoms with Gasteiger partial charge < -0.3 is 14.6 Å². The van der Waals surface area contributed by atoms with E-state index in [9.17, 15) is 0 Å². The Morgan fingerprint density at radius 3 is 2.65 bits per heavy atom. The maximum absolute atomic E-state index is 5.84. The predicted molar refractivity (Wildman–Crippen MR) is 85.0 cm³/mol. The van der Waals surface area contributed by atoms with Crippen LogP contribution in [0.1, 0.15) is 33.3 Å². The predicted octanol–water partition coefficient (Wildman–Crippen LogP) is 3.57. The normalized spacial score (nSPS) is 12.2. The van der Waals surface area contributed by atoms with E-state index in [0.717, 1.165) is 26.2 Å². The van der Waals surface area contributed by atoms with Crippen molar-refractivity contribution < 1.29 is 4.74 Å². The second-order valence-corrected chi connectivity index (χ2v) is 6.11. The fraction of sp³-hybridized carbons (Fsp3) is 0.529. The monoisotopic (exact) mass is 274 g/mol. The Hall–Kier alpha value is -1.32. The van der Waals surface area contributed by atoms with E-state index in [1.54, 1.807) is 0 Å². The van der Waals surface area contributed by atoms with Gasteiger partial charge in [-0.2, -0.15) is 0 Å². The van der Waals surface area contributed by atoms with Crippen LogP contribution in [0.5, 0.6) is 0 Å². The van der Waals surface area contributed by atoms with E-state index < -0.39 is 0 Å². The number of hydrogen-bond donors (Lipinski definition) is 1. The summed E-state index contributed by atoms with van der Waals surface area (Å²) in [4.78, 5) is 0. The lowest BCUT2D eigenvalue weighted by Gasteiger charge is -2.19. The van der Waals surface area contributed by atoms with Crippen molar-refractivity contribution in [1.29, 1.82) is 0 Å². The fourth-order valence-electron chi connectivity index (χ4n) is 2.36. The first-order valence-corrected chi connectivity index (χ1v) is 7.42. The quantitative estimate of drug-likeness (QED) is 0.871. The maximum Gasteiger partial charge on any atom is 0.0652 e. The molecule has 0 aliphatic rings. The first-order valence-electron chi connectivity index (χ1n) is 7.42. The lowest BCUT2D eigenvalue weighted by atomic mass is 10.2. The topological polar surface area (TPSA) is 26.2 Å². The first-order chi connectivity index (χ1) is 9.51. The van der Waals surface area contributed by atoms with Gasteiger partial charge in [-0.3, -0.25) is 0 Å². The zero-order valence-corrected chi connectivity index (χ0v) is 13.1. The molecular formula is C17H26N2O. The van der Waals surface area contributed by atoms with Crippen molar-refractivity contribution in [3.05, 3.63) is 36.0 Å². The number of rotatable bonds is 6. The molecule has 0 bridgehead atoms. The molecule has 3 heteroatoms. The van der Waals surface area contributed by atoms with Crippen LogP contribution in [0.3, 0.4) is 0 Å². The van der Waals surface area contributed by atoms with Crippen molar-refractivity contribution in [2.75, 3.05) is 13.2 Å². The van der Waals surface area contributed by atoms with Gasteiger partial charge in [-0.15, -0.1) is 0 Å². The number of benzene rings is 1. The van der Waals surface area contributed by atoms with Crippen LogP contribution in [0.4, 0.5) is 0 Å². The summed E-state index contributed by atoms with van der Waals surface area (Å²) in [6.07, 6.45) is 2.25. The minimum atomic E-state index is -0.0739. The molecule has 1 aromatic carbocycles. The molecular weight excluding hydrogens is 248 g/mol. The van der Waals surface area contributed by atoms with Crippen LogP contribution >= 0.6 is 0 Å². The van der Waals surface area contributed by atoms with Crippen LogP contribution < -0.4 is 5.32 Å². The lowest BCUT2D eigenvalue weighted by molar-refractivity contribution is -0.00645.